The summed E-state index contributed by atoms with van der Waals surface area (Å²) < 4.78 is 69.8. The lowest BCUT2D eigenvalue weighted by atomic mass is 9.96. The van der Waals surface area contributed by atoms with Gasteiger partial charge in [-0.05, 0) is 65.6 Å². The zero-order chi connectivity index (χ0) is 24.9. The van der Waals surface area contributed by atoms with Crippen LogP contribution in [0.5, 0.6) is 0 Å². The van der Waals surface area contributed by atoms with Crippen LogP contribution in [0.4, 0.5) is 22.0 Å². The van der Waals surface area contributed by atoms with E-state index in [4.69, 9.17) is 0 Å². The van der Waals surface area contributed by atoms with Crippen LogP contribution in [0, 0.1) is 29.1 Å². The third kappa shape index (κ3) is 5.51. The number of halogens is 5. The Bertz CT molecular complexity index is 1320. The second-order valence-corrected chi connectivity index (χ2v) is 8.38. The Morgan fingerprint density at radius 2 is 0.943 bits per heavy atom. The fraction of sp³-hybridized carbons (Fsp3) is 0.133. The molecule has 0 spiro atoms. The summed E-state index contributed by atoms with van der Waals surface area (Å²) in [7, 11) is 0. The molecule has 178 valence electrons. The quantitative estimate of drug-likeness (QED) is 0.135. The number of rotatable bonds is 8. The van der Waals surface area contributed by atoms with E-state index in [-0.39, 0.29) is 11.1 Å². The first-order valence-electron chi connectivity index (χ1n) is 11.3. The van der Waals surface area contributed by atoms with Crippen LogP contribution in [0.3, 0.4) is 0 Å². The molecule has 0 aliphatic carbocycles. The van der Waals surface area contributed by atoms with E-state index in [1.807, 2.05) is 18.2 Å². The van der Waals surface area contributed by atoms with E-state index in [0.717, 1.165) is 36.1 Å². The van der Waals surface area contributed by atoms with Gasteiger partial charge in [0.1, 0.15) is 0 Å². The highest BCUT2D eigenvalue weighted by atomic mass is 19.2. The van der Waals surface area contributed by atoms with Crippen LogP contribution in [0.1, 0.15) is 23.1 Å². The fourth-order valence-electron chi connectivity index (χ4n) is 4.01. The van der Waals surface area contributed by atoms with Gasteiger partial charge in [-0.15, -0.1) is 6.58 Å². The maximum absolute atomic E-state index is 15.0. The van der Waals surface area contributed by atoms with E-state index >= 15 is 0 Å². The molecule has 0 heterocycles. The predicted molar refractivity (Wildman–Crippen MR) is 129 cm³/mol. The van der Waals surface area contributed by atoms with Crippen LogP contribution >= 0.6 is 0 Å². The van der Waals surface area contributed by atoms with Crippen molar-refractivity contribution in [3.8, 4) is 22.3 Å². The fourth-order valence-corrected chi connectivity index (χ4v) is 4.01. The van der Waals surface area contributed by atoms with Crippen molar-refractivity contribution in [2.24, 2.45) is 0 Å². The molecule has 0 aromatic heterocycles. The number of hydrogen-bond acceptors (Lipinski definition) is 0. The molecular formula is C30H23F5. The standard InChI is InChI=1S/C30H23F5/c1-2-3-4-19-7-11-22(12-8-19)24-15-16-25(29(34)28(24)33)23-13-9-20(10-14-23)5-6-21-17-26(31)30(35)27(32)18-21/h2,7-18H,1,3-6H2. The molecule has 0 bridgehead atoms. The van der Waals surface area contributed by atoms with Crippen molar-refractivity contribution in [2.75, 3.05) is 0 Å². The van der Waals surface area contributed by atoms with Gasteiger partial charge < -0.3 is 0 Å². The molecule has 0 unspecified atom stereocenters. The molecule has 4 aromatic rings. The first-order chi connectivity index (χ1) is 16.9. The molecule has 0 N–H and O–H groups in total. The minimum atomic E-state index is -1.49. The topological polar surface area (TPSA) is 0 Å². The number of allylic oxidation sites excluding steroid dienone is 1. The maximum Gasteiger partial charge on any atom is 0.194 e. The molecule has 0 saturated heterocycles. The lowest BCUT2D eigenvalue weighted by Crippen LogP contribution is -1.97. The number of benzene rings is 4. The van der Waals surface area contributed by atoms with Gasteiger partial charge in [0.25, 0.3) is 0 Å². The van der Waals surface area contributed by atoms with Crippen LogP contribution in [0.25, 0.3) is 22.3 Å². The van der Waals surface area contributed by atoms with E-state index in [0.29, 0.717) is 29.5 Å². The molecule has 0 aliphatic rings. The normalized spacial score (nSPS) is 11.0. The first kappa shape index (κ1) is 24.4. The summed E-state index contributed by atoms with van der Waals surface area (Å²) in [5, 5.41) is 0. The molecule has 4 rings (SSSR count). The van der Waals surface area contributed by atoms with Crippen molar-refractivity contribution in [3.05, 3.63) is 131 Å². The smallest absolute Gasteiger partial charge is 0.194 e. The Hall–Kier alpha value is -3.73. The average Bonchev–Trinajstić information content (AvgIpc) is 2.87. The highest BCUT2D eigenvalue weighted by Crippen LogP contribution is 2.32. The molecule has 5 heteroatoms. The van der Waals surface area contributed by atoms with Gasteiger partial charge in [0.05, 0.1) is 0 Å². The monoisotopic (exact) mass is 478 g/mol. The molecule has 0 aliphatic heterocycles. The van der Waals surface area contributed by atoms with Gasteiger partial charge in [-0.1, -0.05) is 66.7 Å². The van der Waals surface area contributed by atoms with Gasteiger partial charge in [-0.3, -0.25) is 0 Å². The Kier molecular flexibility index (Phi) is 7.45. The summed E-state index contributed by atoms with van der Waals surface area (Å²) in [5.41, 5.74) is 3.71. The van der Waals surface area contributed by atoms with Crippen molar-refractivity contribution in [1.82, 2.24) is 0 Å². The molecule has 0 amide bonds. The summed E-state index contributed by atoms with van der Waals surface area (Å²) in [5.74, 6) is -5.77. The van der Waals surface area contributed by atoms with Crippen molar-refractivity contribution < 1.29 is 22.0 Å². The second-order valence-electron chi connectivity index (χ2n) is 8.38. The Morgan fingerprint density at radius 1 is 0.514 bits per heavy atom. The number of hydrogen-bond donors (Lipinski definition) is 0. The van der Waals surface area contributed by atoms with Gasteiger partial charge in [0, 0.05) is 11.1 Å². The minimum Gasteiger partial charge on any atom is -0.204 e. The van der Waals surface area contributed by atoms with Crippen molar-refractivity contribution in [2.45, 2.75) is 25.7 Å². The van der Waals surface area contributed by atoms with Crippen LogP contribution in [-0.4, -0.2) is 0 Å². The summed E-state index contributed by atoms with van der Waals surface area (Å²) in [6, 6.07) is 19.3. The molecule has 0 radical (unpaired) electrons. The molecule has 4 aromatic carbocycles. The van der Waals surface area contributed by atoms with Gasteiger partial charge in [0.2, 0.25) is 0 Å². The van der Waals surface area contributed by atoms with Gasteiger partial charge >= 0.3 is 0 Å². The van der Waals surface area contributed by atoms with Crippen LogP contribution < -0.4 is 0 Å². The van der Waals surface area contributed by atoms with E-state index in [1.54, 1.807) is 48.5 Å². The van der Waals surface area contributed by atoms with E-state index < -0.39 is 29.1 Å². The minimum absolute atomic E-state index is 0.142. The van der Waals surface area contributed by atoms with Crippen molar-refractivity contribution in [1.29, 1.82) is 0 Å². The lowest BCUT2D eigenvalue weighted by molar-refractivity contribution is 0.445. The average molecular weight is 479 g/mol. The molecule has 0 saturated carbocycles. The second kappa shape index (κ2) is 10.7. The predicted octanol–water partition coefficient (Wildman–Crippen LogP) is 8.62. The first-order valence-corrected chi connectivity index (χ1v) is 11.3. The van der Waals surface area contributed by atoms with E-state index in [2.05, 4.69) is 6.58 Å². The van der Waals surface area contributed by atoms with Gasteiger partial charge in [-0.2, -0.15) is 0 Å². The number of aryl methyl sites for hydroxylation is 3. The van der Waals surface area contributed by atoms with Gasteiger partial charge in [-0.25, -0.2) is 22.0 Å². The molecule has 0 nitrogen and oxygen atoms in total. The summed E-state index contributed by atoms with van der Waals surface area (Å²) >= 11 is 0. The van der Waals surface area contributed by atoms with Crippen LogP contribution in [-0.2, 0) is 19.3 Å². The summed E-state index contributed by atoms with van der Waals surface area (Å²) in [4.78, 5) is 0. The summed E-state index contributed by atoms with van der Waals surface area (Å²) in [6.07, 6.45) is 4.27. The van der Waals surface area contributed by atoms with Crippen molar-refractivity contribution >= 4 is 0 Å². The van der Waals surface area contributed by atoms with E-state index in [9.17, 15) is 22.0 Å². The molecule has 0 atom stereocenters. The highest BCUT2D eigenvalue weighted by Gasteiger charge is 2.16. The molecular weight excluding hydrogens is 455 g/mol. The van der Waals surface area contributed by atoms with Crippen LogP contribution in [0.2, 0.25) is 0 Å². The maximum atomic E-state index is 15.0. The third-order valence-corrected chi connectivity index (χ3v) is 6.00. The van der Waals surface area contributed by atoms with Gasteiger partial charge in [0.15, 0.2) is 29.1 Å². The Balaban J connectivity index is 1.49. The molecule has 0 fully saturated rings. The zero-order valence-corrected chi connectivity index (χ0v) is 18.9. The Labute approximate surface area is 201 Å². The largest absolute Gasteiger partial charge is 0.204 e. The third-order valence-electron chi connectivity index (χ3n) is 6.00. The lowest BCUT2D eigenvalue weighted by Gasteiger charge is -2.11. The van der Waals surface area contributed by atoms with Crippen LogP contribution in [0.15, 0.2) is 85.5 Å². The van der Waals surface area contributed by atoms with E-state index in [1.165, 1.54) is 0 Å². The zero-order valence-electron chi connectivity index (χ0n) is 18.9. The Morgan fingerprint density at radius 3 is 1.40 bits per heavy atom. The van der Waals surface area contributed by atoms with Crippen molar-refractivity contribution in [3.63, 3.8) is 0 Å². The highest BCUT2D eigenvalue weighted by molar-refractivity contribution is 5.72. The SMILES string of the molecule is C=CCCc1ccc(-c2ccc(-c3ccc(CCc4cc(F)c(F)c(F)c4)cc3)c(F)c2F)cc1. The summed E-state index contributed by atoms with van der Waals surface area (Å²) in [6.45, 7) is 3.70. The molecule has 35 heavy (non-hydrogen) atoms.